The van der Waals surface area contributed by atoms with Gasteiger partial charge in [0.25, 0.3) is 0 Å². The maximum Gasteiger partial charge on any atom is 0.0714 e. The largest absolute Gasteiger partial charge is 0.353 e. The average Bonchev–Trinajstić information content (AvgIpc) is 3.52. The first-order valence-corrected chi connectivity index (χ1v) is 29.3. The second-order valence-electron chi connectivity index (χ2n) is 21.2. The number of aromatic amines is 1. The Balaban J connectivity index is 0.000000482. The monoisotopic (exact) mass is 1060 g/mol. The highest BCUT2D eigenvalue weighted by Gasteiger charge is 2.47. The molecule has 3 heteroatoms. The van der Waals surface area contributed by atoms with Crippen LogP contribution in [0.15, 0.2) is 261 Å². The Bertz CT molecular complexity index is 4780. The summed E-state index contributed by atoms with van der Waals surface area (Å²) in [6.07, 6.45) is 5.60. The summed E-state index contributed by atoms with van der Waals surface area (Å²) in [5.74, 6) is 0. The van der Waals surface area contributed by atoms with Crippen molar-refractivity contribution >= 4 is 93.3 Å². The third-order valence-corrected chi connectivity index (χ3v) is 18.0. The molecule has 2 aliphatic rings. The normalized spacial score (nSPS) is 12.7. The van der Waals surface area contributed by atoms with Gasteiger partial charge >= 0.3 is 0 Å². The number of fused-ring (bicyclic) bond motifs is 12. The number of hydrogen-bond donors (Lipinski definition) is 1. The molecule has 2 heterocycles. The highest BCUT2D eigenvalue weighted by molar-refractivity contribution is 7.25. The summed E-state index contributed by atoms with van der Waals surface area (Å²) in [6.45, 7) is 8.45. The first-order valence-electron chi connectivity index (χ1n) is 28.5. The Morgan fingerprint density at radius 3 is 1.74 bits per heavy atom. The predicted molar refractivity (Wildman–Crippen MR) is 349 cm³/mol. The molecule has 0 amide bonds. The van der Waals surface area contributed by atoms with Crippen molar-refractivity contribution in [2.75, 3.05) is 4.90 Å². The Hall–Kier alpha value is -9.54. The highest BCUT2D eigenvalue weighted by Crippen LogP contribution is 2.60. The van der Waals surface area contributed by atoms with Gasteiger partial charge in [0.1, 0.15) is 0 Å². The second kappa shape index (κ2) is 20.6. The lowest BCUT2D eigenvalue weighted by Crippen LogP contribution is -2.29. The lowest BCUT2D eigenvalue weighted by molar-refractivity contribution is 0.769. The first kappa shape index (κ1) is 49.7. The minimum atomic E-state index is -0.667. The summed E-state index contributed by atoms with van der Waals surface area (Å²) in [4.78, 5) is 6.38. The fourth-order valence-corrected chi connectivity index (χ4v) is 14.3. The zero-order chi connectivity index (χ0) is 54.6. The summed E-state index contributed by atoms with van der Waals surface area (Å²) in [7, 11) is 0. The Morgan fingerprint density at radius 1 is 0.395 bits per heavy atom. The number of anilines is 3. The van der Waals surface area contributed by atoms with E-state index in [1.807, 2.05) is 25.2 Å². The van der Waals surface area contributed by atoms with Gasteiger partial charge in [-0.05, 0) is 163 Å². The van der Waals surface area contributed by atoms with Gasteiger partial charge in [0.05, 0.1) is 16.6 Å². The SMILES string of the molecule is C1=c2ccccc2=CC1.CC.Cc1ccccc1-c1cc(-c2cc3c(c4ccccc24)-c2ccc(N(c4ccc5c(c4)sc4ccccc45)c4cccc5c4[nH]c4ccccc45)cc2C3(c2ccccc2)c2ccccc2)ccc1C. The molecule has 2 nitrogen and oxygen atoms in total. The molecule has 12 aromatic carbocycles. The van der Waals surface area contributed by atoms with E-state index in [4.69, 9.17) is 0 Å². The van der Waals surface area contributed by atoms with Crippen molar-refractivity contribution in [3.63, 3.8) is 0 Å². The zero-order valence-electron chi connectivity index (χ0n) is 46.0. The molecule has 0 fully saturated rings. The van der Waals surface area contributed by atoms with Crippen LogP contribution in [0.1, 0.15) is 53.6 Å². The number of H-pyrrole nitrogens is 1. The molecular formula is C78H60N2S. The van der Waals surface area contributed by atoms with Gasteiger partial charge in [-0.2, -0.15) is 0 Å². The topological polar surface area (TPSA) is 19.0 Å². The molecule has 2 aliphatic carbocycles. The molecular weight excluding hydrogens is 997 g/mol. The molecule has 0 spiro atoms. The molecule has 1 N–H and O–H groups in total. The van der Waals surface area contributed by atoms with Gasteiger partial charge in [-0.3, -0.25) is 0 Å². The molecule has 0 aliphatic heterocycles. The van der Waals surface area contributed by atoms with Gasteiger partial charge in [0.15, 0.2) is 0 Å². The molecule has 2 aromatic heterocycles. The lowest BCUT2D eigenvalue weighted by atomic mass is 9.67. The first-order chi connectivity index (χ1) is 40.0. The number of nitrogens with zero attached hydrogens (tertiary/aromatic N) is 1. The van der Waals surface area contributed by atoms with Crippen LogP contribution in [-0.4, -0.2) is 4.98 Å². The molecule has 0 bridgehead atoms. The maximum atomic E-state index is 3.88. The van der Waals surface area contributed by atoms with Crippen LogP contribution in [-0.2, 0) is 5.41 Å². The molecule has 388 valence electrons. The Morgan fingerprint density at radius 2 is 0.988 bits per heavy atom. The van der Waals surface area contributed by atoms with Crippen LogP contribution in [0.5, 0.6) is 0 Å². The van der Waals surface area contributed by atoms with E-state index in [9.17, 15) is 0 Å². The van der Waals surface area contributed by atoms with E-state index in [-0.39, 0.29) is 0 Å². The number of rotatable bonds is 7. The summed E-state index contributed by atoms with van der Waals surface area (Å²) in [5, 5.41) is 10.3. The van der Waals surface area contributed by atoms with Crippen molar-refractivity contribution in [2.24, 2.45) is 0 Å². The van der Waals surface area contributed by atoms with E-state index < -0.39 is 5.41 Å². The number of benzene rings is 12. The van der Waals surface area contributed by atoms with Crippen LogP contribution >= 0.6 is 11.3 Å². The Kier molecular flexibility index (Phi) is 12.6. The molecule has 16 rings (SSSR count). The molecule has 81 heavy (non-hydrogen) atoms. The molecule has 0 radical (unpaired) electrons. The van der Waals surface area contributed by atoms with Crippen LogP contribution in [0.4, 0.5) is 17.1 Å². The average molecular weight is 1060 g/mol. The minimum absolute atomic E-state index is 0.667. The van der Waals surface area contributed by atoms with Gasteiger partial charge in [-0.15, -0.1) is 11.3 Å². The highest BCUT2D eigenvalue weighted by atomic mass is 32.1. The van der Waals surface area contributed by atoms with E-state index in [1.54, 1.807) is 0 Å². The summed E-state index contributed by atoms with van der Waals surface area (Å²) in [6, 6.07) is 96.9. The quantitative estimate of drug-likeness (QED) is 0.169. The summed E-state index contributed by atoms with van der Waals surface area (Å²) < 4.78 is 2.57. The smallest absolute Gasteiger partial charge is 0.0714 e. The van der Waals surface area contributed by atoms with Gasteiger partial charge in [0.2, 0.25) is 0 Å². The van der Waals surface area contributed by atoms with E-state index in [2.05, 4.69) is 297 Å². The van der Waals surface area contributed by atoms with Gasteiger partial charge in [-0.1, -0.05) is 232 Å². The van der Waals surface area contributed by atoms with Crippen molar-refractivity contribution in [3.8, 4) is 33.4 Å². The van der Waals surface area contributed by atoms with Crippen molar-refractivity contribution in [3.05, 3.63) is 305 Å². The third kappa shape index (κ3) is 8.22. The second-order valence-corrected chi connectivity index (χ2v) is 22.3. The van der Waals surface area contributed by atoms with Crippen LogP contribution in [0.25, 0.3) is 98.3 Å². The van der Waals surface area contributed by atoms with Crippen LogP contribution in [0.2, 0.25) is 0 Å². The van der Waals surface area contributed by atoms with E-state index in [1.165, 1.54) is 119 Å². The predicted octanol–water partition coefficient (Wildman–Crippen LogP) is 20.3. The van der Waals surface area contributed by atoms with Crippen molar-refractivity contribution in [1.82, 2.24) is 4.98 Å². The van der Waals surface area contributed by atoms with E-state index in [0.29, 0.717) is 0 Å². The minimum Gasteiger partial charge on any atom is -0.353 e. The van der Waals surface area contributed by atoms with Gasteiger partial charge < -0.3 is 9.88 Å². The maximum absolute atomic E-state index is 3.88. The van der Waals surface area contributed by atoms with E-state index in [0.717, 1.165) is 34.5 Å². The molecule has 0 saturated carbocycles. The Labute approximate surface area is 477 Å². The fourth-order valence-electron chi connectivity index (χ4n) is 13.2. The fraction of sp³-hybridized carbons (Fsp3) is 0.0769. The number of aromatic nitrogens is 1. The molecule has 0 atom stereocenters. The lowest BCUT2D eigenvalue weighted by Gasteiger charge is -2.35. The standard InChI is InChI=1S/C67H46N2S.C9H8.C2H6/c1-42-18-9-10-23-49(42)57-38-44(33-32-43(57)2)58-41-60-65(54-27-12-11-24-50(54)58)56-37-35-47(39-59(56)67(60,45-19-5-3-6-20-45)46-21-7-4-8-22-46)69(48-34-36-53-52-26-14-16-31-63(52)70-64(53)40-48)62-30-17-28-55-51-25-13-15-29-61(51)68-66(55)62;1-2-5-9-7-3-6-8(9)4-1;1-2/h3-41,68H,1-2H3;1-2,4-7H,3H2;1-2H3. The van der Waals surface area contributed by atoms with Gasteiger partial charge in [-0.25, -0.2) is 0 Å². The molecule has 0 saturated heterocycles. The van der Waals surface area contributed by atoms with E-state index >= 15 is 0 Å². The number of aryl methyl sites for hydroxylation is 2. The number of thiophene rings is 1. The van der Waals surface area contributed by atoms with Gasteiger partial charge in [0, 0.05) is 47.8 Å². The molecule has 0 unspecified atom stereocenters. The zero-order valence-corrected chi connectivity index (χ0v) is 46.9. The van der Waals surface area contributed by atoms with Crippen LogP contribution < -0.4 is 15.3 Å². The van der Waals surface area contributed by atoms with Crippen molar-refractivity contribution in [2.45, 2.75) is 39.5 Å². The van der Waals surface area contributed by atoms with Crippen molar-refractivity contribution in [1.29, 1.82) is 0 Å². The number of para-hydroxylation sites is 2. The van der Waals surface area contributed by atoms with Crippen LogP contribution in [0.3, 0.4) is 0 Å². The van der Waals surface area contributed by atoms with Crippen LogP contribution in [0, 0.1) is 13.8 Å². The van der Waals surface area contributed by atoms with Crippen molar-refractivity contribution < 1.29 is 0 Å². The summed E-state index contributed by atoms with van der Waals surface area (Å²) in [5.41, 5.74) is 20.0. The summed E-state index contributed by atoms with van der Waals surface area (Å²) >= 11 is 1.86. The number of hydrogen-bond acceptors (Lipinski definition) is 2. The molecule has 14 aromatic rings. The third-order valence-electron chi connectivity index (χ3n) is 16.8. The number of nitrogens with one attached hydrogen (secondary N) is 1.